The molecule has 0 spiro atoms. The van der Waals surface area contributed by atoms with Gasteiger partial charge in [-0.1, -0.05) is 11.9 Å². The van der Waals surface area contributed by atoms with E-state index in [0.717, 1.165) is 38.8 Å². The number of carbonyl (C=O) groups excluding carboxylic acids is 1. The number of nitrogens with zero attached hydrogens (tertiary/aromatic N) is 1. The third-order valence-corrected chi connectivity index (χ3v) is 3.73. The molecule has 2 fully saturated rings. The Morgan fingerprint density at radius 3 is 2.43 bits per heavy atom. The van der Waals surface area contributed by atoms with Crippen LogP contribution >= 0.6 is 11.9 Å². The quantitative estimate of drug-likeness (QED) is 0.529. The lowest BCUT2D eigenvalue weighted by atomic mass is 9.98. The van der Waals surface area contributed by atoms with Gasteiger partial charge in [-0.2, -0.15) is 0 Å². The van der Waals surface area contributed by atoms with E-state index in [1.807, 2.05) is 0 Å². The minimum absolute atomic E-state index is 0.0493. The van der Waals surface area contributed by atoms with Crippen molar-refractivity contribution in [2.24, 2.45) is 5.92 Å². The number of ether oxygens (including phenoxy) is 1. The van der Waals surface area contributed by atoms with E-state index >= 15 is 0 Å². The Kier molecular flexibility index (Phi) is 3.34. The van der Waals surface area contributed by atoms with E-state index in [0.29, 0.717) is 0 Å². The summed E-state index contributed by atoms with van der Waals surface area (Å²) in [5.74, 6) is 0.215. The van der Waals surface area contributed by atoms with Crippen LogP contribution in [-0.2, 0) is 9.53 Å². The molecule has 1 aliphatic carbocycles. The first-order valence-corrected chi connectivity index (χ1v) is 6.47. The van der Waals surface area contributed by atoms with Crippen molar-refractivity contribution in [1.29, 1.82) is 0 Å². The van der Waals surface area contributed by atoms with E-state index in [9.17, 15) is 4.79 Å². The molecule has 3 nitrogen and oxygen atoms in total. The molecule has 0 bridgehead atoms. The van der Waals surface area contributed by atoms with Gasteiger partial charge in [-0.3, -0.25) is 9.10 Å². The van der Waals surface area contributed by atoms with Crippen LogP contribution in [0.5, 0.6) is 0 Å². The average molecular weight is 215 g/mol. The predicted molar refractivity (Wildman–Crippen MR) is 56.9 cm³/mol. The molecule has 0 aromatic carbocycles. The molecule has 0 radical (unpaired) electrons. The highest BCUT2D eigenvalue weighted by Gasteiger charge is 2.31. The topological polar surface area (TPSA) is 29.5 Å². The molecule has 0 amide bonds. The summed E-state index contributed by atoms with van der Waals surface area (Å²) in [6.45, 7) is 2.04. The summed E-state index contributed by atoms with van der Waals surface area (Å²) in [4.78, 5) is 11.6. The van der Waals surface area contributed by atoms with Gasteiger partial charge in [0.15, 0.2) is 0 Å². The van der Waals surface area contributed by atoms with Crippen LogP contribution in [-0.4, -0.2) is 35.7 Å². The van der Waals surface area contributed by atoms with E-state index in [-0.39, 0.29) is 18.0 Å². The molecule has 14 heavy (non-hydrogen) atoms. The first-order chi connectivity index (χ1) is 6.79. The fourth-order valence-corrected chi connectivity index (χ4v) is 2.30. The Bertz CT molecular complexity index is 210. The minimum atomic E-state index is 0.0493. The second-order valence-corrected chi connectivity index (χ2v) is 4.90. The van der Waals surface area contributed by atoms with Crippen molar-refractivity contribution in [3.63, 3.8) is 0 Å². The molecule has 0 unspecified atom stereocenters. The fourth-order valence-electron chi connectivity index (χ4n) is 1.72. The van der Waals surface area contributed by atoms with E-state index in [4.69, 9.17) is 4.74 Å². The second-order valence-electron chi connectivity index (χ2n) is 4.02. The summed E-state index contributed by atoms with van der Waals surface area (Å²) in [5, 5.41) is 0. The lowest BCUT2D eigenvalue weighted by molar-refractivity contribution is -0.151. The van der Waals surface area contributed by atoms with E-state index in [2.05, 4.69) is 10.6 Å². The standard InChI is InChI=1S/C10H17NO2S/c1-14-11-6-4-8(5-7-11)10(12)13-9-2-3-9/h8-9H,2-7H2,1H3. The molecular formula is C10H17NO2S. The highest BCUT2D eigenvalue weighted by molar-refractivity contribution is 7.96. The van der Waals surface area contributed by atoms with Crippen molar-refractivity contribution in [3.8, 4) is 0 Å². The summed E-state index contributed by atoms with van der Waals surface area (Å²) >= 11 is 1.77. The Balaban J connectivity index is 1.73. The van der Waals surface area contributed by atoms with Gasteiger partial charge in [-0.15, -0.1) is 0 Å². The number of rotatable bonds is 3. The molecule has 0 atom stereocenters. The van der Waals surface area contributed by atoms with Gasteiger partial charge in [-0.05, 0) is 31.9 Å². The zero-order valence-electron chi connectivity index (χ0n) is 8.57. The van der Waals surface area contributed by atoms with Gasteiger partial charge >= 0.3 is 5.97 Å². The molecule has 1 saturated heterocycles. The van der Waals surface area contributed by atoms with Gasteiger partial charge in [0, 0.05) is 13.1 Å². The Hall–Kier alpha value is -0.220. The van der Waals surface area contributed by atoms with Gasteiger partial charge in [0.05, 0.1) is 5.92 Å². The number of carbonyl (C=O) groups is 1. The Morgan fingerprint density at radius 2 is 1.93 bits per heavy atom. The number of hydrogen-bond acceptors (Lipinski definition) is 4. The number of piperidine rings is 1. The monoisotopic (exact) mass is 215 g/mol. The lowest BCUT2D eigenvalue weighted by Crippen LogP contribution is -2.33. The molecule has 1 aliphatic heterocycles. The van der Waals surface area contributed by atoms with E-state index in [1.54, 1.807) is 11.9 Å². The third-order valence-electron chi connectivity index (χ3n) is 2.85. The first-order valence-electron chi connectivity index (χ1n) is 5.29. The Labute approximate surface area is 89.3 Å². The van der Waals surface area contributed by atoms with Crippen molar-refractivity contribution in [2.75, 3.05) is 19.3 Å². The maximum Gasteiger partial charge on any atom is 0.309 e. The number of esters is 1. The Morgan fingerprint density at radius 1 is 1.29 bits per heavy atom. The summed E-state index contributed by atoms with van der Waals surface area (Å²) in [6.07, 6.45) is 6.44. The lowest BCUT2D eigenvalue weighted by Gasteiger charge is -2.28. The molecule has 80 valence electrons. The van der Waals surface area contributed by atoms with Crippen molar-refractivity contribution in [1.82, 2.24) is 4.31 Å². The first kappa shape index (κ1) is 10.3. The highest BCUT2D eigenvalue weighted by atomic mass is 32.2. The SMILES string of the molecule is CSN1CCC(C(=O)OC2CC2)CC1. The molecule has 2 rings (SSSR count). The summed E-state index contributed by atoms with van der Waals surface area (Å²) < 4.78 is 7.61. The van der Waals surface area contributed by atoms with Crippen LogP contribution in [0, 0.1) is 5.92 Å². The van der Waals surface area contributed by atoms with Gasteiger partial charge in [0.25, 0.3) is 0 Å². The molecular weight excluding hydrogens is 198 g/mol. The van der Waals surface area contributed by atoms with E-state index < -0.39 is 0 Å². The van der Waals surface area contributed by atoms with Crippen molar-refractivity contribution in [3.05, 3.63) is 0 Å². The molecule has 0 aromatic heterocycles. The molecule has 1 heterocycles. The minimum Gasteiger partial charge on any atom is -0.462 e. The normalized spacial score (nSPS) is 24.9. The predicted octanol–water partition coefficient (Wildman–Crippen LogP) is 1.68. The maximum absolute atomic E-state index is 11.6. The van der Waals surface area contributed by atoms with Crippen LogP contribution in [0.4, 0.5) is 0 Å². The van der Waals surface area contributed by atoms with Gasteiger partial charge in [-0.25, -0.2) is 0 Å². The van der Waals surface area contributed by atoms with Crippen LogP contribution in [0.15, 0.2) is 0 Å². The molecule has 2 aliphatic rings. The number of hydrogen-bond donors (Lipinski definition) is 0. The molecule has 1 saturated carbocycles. The van der Waals surface area contributed by atoms with Crippen molar-refractivity contribution < 1.29 is 9.53 Å². The van der Waals surface area contributed by atoms with Crippen molar-refractivity contribution >= 4 is 17.9 Å². The van der Waals surface area contributed by atoms with Crippen LogP contribution in [0.3, 0.4) is 0 Å². The van der Waals surface area contributed by atoms with Crippen LogP contribution < -0.4 is 0 Å². The van der Waals surface area contributed by atoms with Crippen LogP contribution in [0.1, 0.15) is 25.7 Å². The average Bonchev–Trinajstić information content (AvgIpc) is 3.02. The summed E-state index contributed by atoms with van der Waals surface area (Å²) in [5.41, 5.74) is 0. The second kappa shape index (κ2) is 4.53. The van der Waals surface area contributed by atoms with Crippen LogP contribution in [0.25, 0.3) is 0 Å². The van der Waals surface area contributed by atoms with E-state index in [1.165, 1.54) is 0 Å². The fraction of sp³-hybridized carbons (Fsp3) is 0.900. The van der Waals surface area contributed by atoms with Gasteiger partial charge in [0.2, 0.25) is 0 Å². The van der Waals surface area contributed by atoms with Gasteiger partial charge in [0.1, 0.15) is 6.10 Å². The highest BCUT2D eigenvalue weighted by Crippen LogP contribution is 2.28. The zero-order chi connectivity index (χ0) is 9.97. The smallest absolute Gasteiger partial charge is 0.309 e. The molecule has 4 heteroatoms. The van der Waals surface area contributed by atoms with Gasteiger partial charge < -0.3 is 4.74 Å². The zero-order valence-corrected chi connectivity index (χ0v) is 9.39. The third kappa shape index (κ3) is 2.64. The summed E-state index contributed by atoms with van der Waals surface area (Å²) in [7, 11) is 0. The van der Waals surface area contributed by atoms with Crippen LogP contribution in [0.2, 0.25) is 0 Å². The van der Waals surface area contributed by atoms with Crippen molar-refractivity contribution in [2.45, 2.75) is 31.8 Å². The summed E-state index contributed by atoms with van der Waals surface area (Å²) in [6, 6.07) is 0. The largest absolute Gasteiger partial charge is 0.462 e. The maximum atomic E-state index is 11.6. The molecule has 0 aromatic rings. The molecule has 0 N–H and O–H groups in total.